The number of likely N-dealkylation sites (tertiary alicyclic amines) is 1. The zero-order chi connectivity index (χ0) is 16.8. The van der Waals surface area contributed by atoms with Crippen LogP contribution in [0.15, 0.2) is 18.2 Å². The fourth-order valence-corrected chi connectivity index (χ4v) is 2.78. The van der Waals surface area contributed by atoms with E-state index >= 15 is 0 Å². The van der Waals surface area contributed by atoms with Crippen molar-refractivity contribution >= 4 is 12.0 Å². The standard InChI is InChI=1S/C17H24N2O4/c1-12-3-4-13(11-15(12)23-2)5-8-18-17(22)19-9-6-14(7-10-19)16(20)21/h3-4,11,14H,5-10H2,1-2H3,(H,18,22)(H,20,21). The molecule has 0 radical (unpaired) electrons. The van der Waals surface area contributed by atoms with Crippen LogP contribution in [0.5, 0.6) is 5.75 Å². The van der Waals surface area contributed by atoms with Crippen LogP contribution in [0.1, 0.15) is 24.0 Å². The van der Waals surface area contributed by atoms with Gasteiger partial charge in [0.05, 0.1) is 13.0 Å². The number of rotatable bonds is 5. The van der Waals surface area contributed by atoms with E-state index in [1.165, 1.54) is 0 Å². The molecule has 0 bridgehead atoms. The number of aryl methyl sites for hydroxylation is 1. The third kappa shape index (κ3) is 4.61. The van der Waals surface area contributed by atoms with Gasteiger partial charge in [-0.2, -0.15) is 0 Å². The number of hydrogen-bond acceptors (Lipinski definition) is 3. The van der Waals surface area contributed by atoms with E-state index in [1.807, 2.05) is 25.1 Å². The van der Waals surface area contributed by atoms with Crippen molar-refractivity contribution < 1.29 is 19.4 Å². The number of hydrogen-bond donors (Lipinski definition) is 2. The zero-order valence-electron chi connectivity index (χ0n) is 13.7. The molecular weight excluding hydrogens is 296 g/mol. The number of benzene rings is 1. The summed E-state index contributed by atoms with van der Waals surface area (Å²) in [5.41, 5.74) is 2.19. The number of nitrogens with one attached hydrogen (secondary N) is 1. The number of nitrogens with zero attached hydrogens (tertiary/aromatic N) is 1. The number of ether oxygens (including phenoxy) is 1. The van der Waals surface area contributed by atoms with Crippen molar-refractivity contribution in [3.63, 3.8) is 0 Å². The van der Waals surface area contributed by atoms with Gasteiger partial charge in [0.25, 0.3) is 0 Å². The highest BCUT2D eigenvalue weighted by Gasteiger charge is 2.26. The van der Waals surface area contributed by atoms with Crippen LogP contribution >= 0.6 is 0 Å². The molecule has 1 aliphatic rings. The van der Waals surface area contributed by atoms with Crippen molar-refractivity contribution in [2.24, 2.45) is 5.92 Å². The molecule has 0 atom stereocenters. The van der Waals surface area contributed by atoms with Crippen molar-refractivity contribution in [2.45, 2.75) is 26.2 Å². The summed E-state index contributed by atoms with van der Waals surface area (Å²) in [7, 11) is 1.65. The molecule has 2 N–H and O–H groups in total. The van der Waals surface area contributed by atoms with Crippen LogP contribution < -0.4 is 10.1 Å². The Kier molecular flexibility index (Phi) is 5.84. The lowest BCUT2D eigenvalue weighted by Gasteiger charge is -2.30. The summed E-state index contributed by atoms with van der Waals surface area (Å²) >= 11 is 0. The van der Waals surface area contributed by atoms with Crippen molar-refractivity contribution in [1.29, 1.82) is 0 Å². The SMILES string of the molecule is COc1cc(CCNC(=O)N2CCC(C(=O)O)CC2)ccc1C. The van der Waals surface area contributed by atoms with Gasteiger partial charge in [-0.15, -0.1) is 0 Å². The Hall–Kier alpha value is -2.24. The Morgan fingerprint density at radius 1 is 1.35 bits per heavy atom. The minimum absolute atomic E-state index is 0.118. The van der Waals surface area contributed by atoms with Gasteiger partial charge in [-0.05, 0) is 43.4 Å². The van der Waals surface area contributed by atoms with Crippen LogP contribution in [0.3, 0.4) is 0 Å². The van der Waals surface area contributed by atoms with Gasteiger partial charge in [-0.25, -0.2) is 4.79 Å². The first-order valence-corrected chi connectivity index (χ1v) is 7.90. The molecule has 2 amide bonds. The molecule has 1 saturated heterocycles. The van der Waals surface area contributed by atoms with Gasteiger partial charge in [0.2, 0.25) is 0 Å². The topological polar surface area (TPSA) is 78.9 Å². The highest BCUT2D eigenvalue weighted by Crippen LogP contribution is 2.19. The van der Waals surface area contributed by atoms with E-state index in [2.05, 4.69) is 5.32 Å². The lowest BCUT2D eigenvalue weighted by molar-refractivity contribution is -0.143. The minimum atomic E-state index is -0.765. The lowest BCUT2D eigenvalue weighted by atomic mass is 9.97. The number of urea groups is 1. The normalized spacial score (nSPS) is 15.3. The van der Waals surface area contributed by atoms with E-state index in [1.54, 1.807) is 12.0 Å². The molecule has 0 spiro atoms. The van der Waals surface area contributed by atoms with Crippen molar-refractivity contribution in [2.75, 3.05) is 26.7 Å². The lowest BCUT2D eigenvalue weighted by Crippen LogP contribution is -2.45. The molecule has 1 fully saturated rings. The van der Waals surface area contributed by atoms with E-state index < -0.39 is 5.97 Å². The molecule has 1 heterocycles. The summed E-state index contributed by atoms with van der Waals surface area (Å²) in [5, 5.41) is 11.9. The third-order valence-corrected chi connectivity index (χ3v) is 4.29. The maximum atomic E-state index is 12.1. The minimum Gasteiger partial charge on any atom is -0.496 e. The second kappa shape index (κ2) is 7.85. The first-order chi connectivity index (χ1) is 11.0. The Morgan fingerprint density at radius 2 is 2.04 bits per heavy atom. The molecule has 1 aliphatic heterocycles. The van der Waals surface area contributed by atoms with Gasteiger partial charge >= 0.3 is 12.0 Å². The molecule has 0 aliphatic carbocycles. The third-order valence-electron chi connectivity index (χ3n) is 4.29. The van der Waals surface area contributed by atoms with Crippen LogP contribution in [0.25, 0.3) is 0 Å². The Balaban J connectivity index is 1.76. The molecule has 126 valence electrons. The van der Waals surface area contributed by atoms with Gasteiger partial charge in [0.1, 0.15) is 5.75 Å². The predicted octanol–water partition coefficient (Wildman–Crippen LogP) is 2.05. The largest absolute Gasteiger partial charge is 0.496 e. The molecule has 0 unspecified atom stereocenters. The quantitative estimate of drug-likeness (QED) is 0.870. The Morgan fingerprint density at radius 3 is 2.65 bits per heavy atom. The first kappa shape index (κ1) is 17.1. The van der Waals surface area contributed by atoms with E-state index in [0.29, 0.717) is 32.5 Å². The van der Waals surface area contributed by atoms with Crippen LogP contribution in [-0.2, 0) is 11.2 Å². The average molecular weight is 320 g/mol. The fraction of sp³-hybridized carbons (Fsp3) is 0.529. The van der Waals surface area contributed by atoms with E-state index in [4.69, 9.17) is 9.84 Å². The molecule has 0 saturated carbocycles. The number of carboxylic acids is 1. The number of piperidine rings is 1. The van der Waals surface area contributed by atoms with Crippen LogP contribution in [0.4, 0.5) is 4.79 Å². The van der Waals surface area contributed by atoms with E-state index in [9.17, 15) is 9.59 Å². The maximum absolute atomic E-state index is 12.1. The Bertz CT molecular complexity index is 566. The Labute approximate surface area is 136 Å². The number of amides is 2. The highest BCUT2D eigenvalue weighted by molar-refractivity contribution is 5.75. The van der Waals surface area contributed by atoms with Crippen LogP contribution in [0.2, 0.25) is 0 Å². The summed E-state index contributed by atoms with van der Waals surface area (Å²) in [6.45, 7) is 3.54. The van der Waals surface area contributed by atoms with Crippen LogP contribution in [0, 0.1) is 12.8 Å². The summed E-state index contributed by atoms with van der Waals surface area (Å²) in [6.07, 6.45) is 1.78. The zero-order valence-corrected chi connectivity index (χ0v) is 13.7. The van der Waals surface area contributed by atoms with Gasteiger partial charge in [-0.3, -0.25) is 4.79 Å². The van der Waals surface area contributed by atoms with E-state index in [-0.39, 0.29) is 11.9 Å². The van der Waals surface area contributed by atoms with Gasteiger partial charge < -0.3 is 20.1 Å². The molecule has 1 aromatic carbocycles. The van der Waals surface area contributed by atoms with Crippen molar-refractivity contribution in [3.05, 3.63) is 29.3 Å². The number of carbonyl (C=O) groups excluding carboxylic acids is 1. The smallest absolute Gasteiger partial charge is 0.317 e. The predicted molar refractivity (Wildman–Crippen MR) is 86.8 cm³/mol. The fourth-order valence-electron chi connectivity index (χ4n) is 2.78. The average Bonchev–Trinajstić information content (AvgIpc) is 2.56. The first-order valence-electron chi connectivity index (χ1n) is 7.90. The molecule has 6 nitrogen and oxygen atoms in total. The van der Waals surface area contributed by atoms with Gasteiger partial charge in [0, 0.05) is 19.6 Å². The van der Waals surface area contributed by atoms with Crippen molar-refractivity contribution in [3.8, 4) is 5.75 Å². The number of carbonyl (C=O) groups is 2. The number of aliphatic carboxylic acids is 1. The van der Waals surface area contributed by atoms with Crippen LogP contribution in [-0.4, -0.2) is 48.8 Å². The second-order valence-corrected chi connectivity index (χ2v) is 5.89. The molecular formula is C17H24N2O4. The second-order valence-electron chi connectivity index (χ2n) is 5.89. The summed E-state index contributed by atoms with van der Waals surface area (Å²) < 4.78 is 5.29. The summed E-state index contributed by atoms with van der Waals surface area (Å²) in [6, 6.07) is 5.91. The van der Waals surface area contributed by atoms with Gasteiger partial charge in [-0.1, -0.05) is 12.1 Å². The van der Waals surface area contributed by atoms with Gasteiger partial charge in [0.15, 0.2) is 0 Å². The maximum Gasteiger partial charge on any atom is 0.317 e. The number of carboxylic acid groups (broad SMARTS) is 1. The number of methoxy groups -OCH3 is 1. The summed E-state index contributed by atoms with van der Waals surface area (Å²) in [4.78, 5) is 24.7. The highest BCUT2D eigenvalue weighted by atomic mass is 16.5. The monoisotopic (exact) mass is 320 g/mol. The van der Waals surface area contributed by atoms with E-state index in [0.717, 1.165) is 23.3 Å². The molecule has 2 rings (SSSR count). The molecule has 23 heavy (non-hydrogen) atoms. The molecule has 6 heteroatoms. The van der Waals surface area contributed by atoms with Crippen molar-refractivity contribution in [1.82, 2.24) is 10.2 Å². The summed E-state index contributed by atoms with van der Waals surface area (Å²) in [5.74, 6) is -0.234. The molecule has 0 aromatic heterocycles. The molecule has 1 aromatic rings.